The topological polar surface area (TPSA) is 136 Å². The molecule has 0 aliphatic heterocycles. The number of aliphatic carboxylic acids is 1. The summed E-state index contributed by atoms with van der Waals surface area (Å²) in [6, 6.07) is 0. The normalized spacial score (nSPS) is 39.6. The van der Waals surface area contributed by atoms with Gasteiger partial charge in [-0.15, -0.1) is 0 Å². The van der Waals surface area contributed by atoms with E-state index in [1.807, 2.05) is 0 Å². The van der Waals surface area contributed by atoms with Crippen LogP contribution >= 0.6 is 0 Å². The number of carboxylic acid groups (broad SMARTS) is 1. The van der Waals surface area contributed by atoms with E-state index in [4.69, 9.17) is 4.18 Å². The monoisotopic (exact) mass is 557 g/mol. The number of rotatable bonds is 8. The zero-order valence-corrected chi connectivity index (χ0v) is 28.1. The maximum atomic E-state index is 12.0. The molecule has 0 aromatic carbocycles. The van der Waals surface area contributed by atoms with Crippen molar-refractivity contribution >= 4 is 22.3 Å². The second-order valence-corrected chi connectivity index (χ2v) is 13.5. The zero-order valence-electron chi connectivity index (χ0n) is 23.3. The summed E-state index contributed by atoms with van der Waals surface area (Å²) < 4.78 is 38.2. The molecule has 0 radical (unpaired) electrons. The van der Waals surface area contributed by atoms with E-state index < -0.39 is 29.0 Å². The molecule has 9 atom stereocenters. The Bertz CT molecular complexity index is 934. The SMILES string of the molecule is CC(CCC(=O)NCC(=O)[O-])[C@H]1CC[C@H]2[C@@H]3CCC4C[C@H](OS(=O)(=O)[O-])CC[C@]4(C)[C@H]3CC[C@]12C.[Na+].[Na+]. The minimum absolute atomic E-state index is 0. The summed E-state index contributed by atoms with van der Waals surface area (Å²) in [7, 11) is -4.66. The van der Waals surface area contributed by atoms with Gasteiger partial charge in [-0.3, -0.25) is 8.98 Å². The average Bonchev–Trinajstić information content (AvgIpc) is 3.12. The van der Waals surface area contributed by atoms with E-state index in [0.717, 1.165) is 25.7 Å². The fourth-order valence-electron chi connectivity index (χ4n) is 9.27. The summed E-state index contributed by atoms with van der Waals surface area (Å²) >= 11 is 0. The molecule has 4 aliphatic rings. The largest absolute Gasteiger partial charge is 1.00 e. The molecule has 0 saturated heterocycles. The van der Waals surface area contributed by atoms with Crippen LogP contribution in [0.25, 0.3) is 0 Å². The molecule has 4 saturated carbocycles. The Morgan fingerprint density at radius 3 is 2.30 bits per heavy atom. The number of amides is 1. The zero-order chi connectivity index (χ0) is 25.6. The number of carboxylic acids is 1. The second kappa shape index (κ2) is 13.2. The van der Waals surface area contributed by atoms with Crippen molar-refractivity contribution < 1.29 is 91.0 Å². The van der Waals surface area contributed by atoms with Crippen LogP contribution in [0.5, 0.6) is 0 Å². The van der Waals surface area contributed by atoms with E-state index in [0.29, 0.717) is 54.8 Å². The molecule has 0 heterocycles. The van der Waals surface area contributed by atoms with Crippen LogP contribution in [0.2, 0.25) is 0 Å². The van der Waals surface area contributed by atoms with E-state index in [1.54, 1.807) is 0 Å². The van der Waals surface area contributed by atoms with E-state index >= 15 is 0 Å². The van der Waals surface area contributed by atoms with E-state index in [-0.39, 0.29) is 75.9 Å². The molecule has 0 aromatic rings. The molecule has 0 spiro atoms. The van der Waals surface area contributed by atoms with Crippen LogP contribution in [-0.4, -0.2) is 37.5 Å². The summed E-state index contributed by atoms with van der Waals surface area (Å²) in [5, 5.41) is 13.0. The van der Waals surface area contributed by atoms with E-state index in [9.17, 15) is 27.7 Å². The summed E-state index contributed by atoms with van der Waals surface area (Å²) in [5.41, 5.74) is 0.444. The Balaban J connectivity index is 0.00000241. The third-order valence-electron chi connectivity index (χ3n) is 10.9. The first-order valence-electron chi connectivity index (χ1n) is 13.4. The van der Waals surface area contributed by atoms with Gasteiger partial charge in [-0.2, -0.15) is 0 Å². The van der Waals surface area contributed by atoms with Gasteiger partial charge in [0.1, 0.15) is 0 Å². The molecule has 2 unspecified atom stereocenters. The molecule has 4 fully saturated rings. The van der Waals surface area contributed by atoms with Gasteiger partial charge in [0.15, 0.2) is 0 Å². The van der Waals surface area contributed by atoms with Gasteiger partial charge in [0.2, 0.25) is 16.3 Å². The third kappa shape index (κ3) is 7.37. The van der Waals surface area contributed by atoms with Gasteiger partial charge < -0.3 is 19.8 Å². The molecule has 1 amide bonds. The Labute approximate surface area is 266 Å². The molecule has 4 aliphatic carbocycles. The van der Waals surface area contributed by atoms with Crippen molar-refractivity contribution in [1.82, 2.24) is 5.32 Å². The predicted octanol–water partition coefficient (Wildman–Crippen LogP) is -3.22. The molecule has 37 heavy (non-hydrogen) atoms. The smallest absolute Gasteiger partial charge is 0.726 e. The van der Waals surface area contributed by atoms with Crippen LogP contribution in [0.15, 0.2) is 0 Å². The standard InChI is InChI=1S/C26H43NO7S.2Na/c1-16(4-9-23(28)27-15-24(29)30)20-7-8-21-19-6-5-17-14-18(34-35(31,32)33)10-12-25(17,2)22(19)11-13-26(20,21)3;;/h16-22H,4-15H2,1-3H3,(H,27,28)(H,29,30)(H,31,32,33);;/q;2*+1/p-2/t16?,17?,18-,19+,20-,21+,22+,25+,26-;;/m1../s1. The van der Waals surface area contributed by atoms with Crippen LogP contribution in [-0.2, 0) is 24.2 Å². The van der Waals surface area contributed by atoms with Crippen molar-refractivity contribution in [3.63, 3.8) is 0 Å². The van der Waals surface area contributed by atoms with Crippen molar-refractivity contribution in [1.29, 1.82) is 0 Å². The van der Waals surface area contributed by atoms with Gasteiger partial charge in [0, 0.05) is 6.42 Å². The van der Waals surface area contributed by atoms with Crippen molar-refractivity contribution in [3.8, 4) is 0 Å². The second-order valence-electron chi connectivity index (χ2n) is 12.5. The summed E-state index contributed by atoms with van der Waals surface area (Å²) in [5.74, 6) is 1.88. The minimum Gasteiger partial charge on any atom is -0.726 e. The van der Waals surface area contributed by atoms with Crippen LogP contribution in [0, 0.1) is 46.3 Å². The molecule has 11 heteroatoms. The van der Waals surface area contributed by atoms with E-state index in [1.165, 1.54) is 25.7 Å². The van der Waals surface area contributed by atoms with Crippen LogP contribution in [0.4, 0.5) is 0 Å². The first-order chi connectivity index (χ1) is 16.3. The molecular formula is C26H41NNa2O7S. The Kier molecular flexibility index (Phi) is 12.1. The minimum atomic E-state index is -4.66. The fraction of sp³-hybridized carbons (Fsp3) is 0.923. The number of carbonyl (C=O) groups is 2. The molecule has 1 N–H and O–H groups in total. The number of fused-ring (bicyclic) bond motifs is 5. The number of nitrogens with one attached hydrogen (secondary N) is 1. The molecule has 200 valence electrons. The van der Waals surface area contributed by atoms with Crippen LogP contribution < -0.4 is 69.5 Å². The number of carbonyl (C=O) groups excluding carboxylic acids is 2. The van der Waals surface area contributed by atoms with Gasteiger partial charge in [-0.1, -0.05) is 20.8 Å². The van der Waals surface area contributed by atoms with Crippen molar-refractivity contribution in [2.24, 2.45) is 46.3 Å². The Hall–Kier alpha value is 0.810. The fourth-order valence-corrected chi connectivity index (χ4v) is 9.78. The van der Waals surface area contributed by atoms with Crippen molar-refractivity contribution in [2.45, 2.75) is 97.5 Å². The van der Waals surface area contributed by atoms with Gasteiger partial charge in [0.05, 0.1) is 18.6 Å². The van der Waals surface area contributed by atoms with Gasteiger partial charge in [-0.05, 0) is 111 Å². The quantitative estimate of drug-likeness (QED) is 0.188. The Morgan fingerprint density at radius 2 is 1.65 bits per heavy atom. The van der Waals surface area contributed by atoms with Gasteiger partial charge in [0.25, 0.3) is 0 Å². The summed E-state index contributed by atoms with van der Waals surface area (Å²) in [4.78, 5) is 22.6. The molecule has 4 rings (SSSR count). The molecule has 0 bridgehead atoms. The summed E-state index contributed by atoms with van der Waals surface area (Å²) in [6.07, 6.45) is 9.88. The maximum Gasteiger partial charge on any atom is 1.00 e. The molecule has 0 aromatic heterocycles. The first-order valence-corrected chi connectivity index (χ1v) is 14.8. The third-order valence-corrected chi connectivity index (χ3v) is 11.4. The van der Waals surface area contributed by atoms with Crippen molar-refractivity contribution in [3.05, 3.63) is 0 Å². The Morgan fingerprint density at radius 1 is 1.00 bits per heavy atom. The van der Waals surface area contributed by atoms with E-state index in [2.05, 4.69) is 26.1 Å². The predicted molar refractivity (Wildman–Crippen MR) is 126 cm³/mol. The van der Waals surface area contributed by atoms with Gasteiger partial charge >= 0.3 is 59.1 Å². The number of hydrogen-bond donors (Lipinski definition) is 1. The number of hydrogen-bond acceptors (Lipinski definition) is 7. The van der Waals surface area contributed by atoms with Crippen LogP contribution in [0.1, 0.15) is 91.4 Å². The maximum absolute atomic E-state index is 12.0. The molecular weight excluding hydrogens is 516 g/mol. The van der Waals surface area contributed by atoms with Crippen molar-refractivity contribution in [2.75, 3.05) is 6.54 Å². The summed E-state index contributed by atoms with van der Waals surface area (Å²) in [6.45, 7) is 6.69. The average molecular weight is 558 g/mol. The van der Waals surface area contributed by atoms with Gasteiger partial charge in [-0.25, -0.2) is 8.42 Å². The molecule has 8 nitrogen and oxygen atoms in total. The van der Waals surface area contributed by atoms with Crippen LogP contribution in [0.3, 0.4) is 0 Å². The first kappa shape index (κ1) is 34.0.